The molecule has 0 unspecified atom stereocenters. The summed E-state index contributed by atoms with van der Waals surface area (Å²) in [4.78, 5) is 19.3. The van der Waals surface area contributed by atoms with Gasteiger partial charge in [0.05, 0.1) is 27.9 Å². The van der Waals surface area contributed by atoms with E-state index in [9.17, 15) is 4.79 Å². The molecule has 1 aliphatic rings. The van der Waals surface area contributed by atoms with E-state index < -0.39 is 0 Å². The third-order valence-corrected chi connectivity index (χ3v) is 5.68. The lowest BCUT2D eigenvalue weighted by molar-refractivity contribution is -0.120. The molecule has 2 aromatic carbocycles. The maximum atomic E-state index is 13.0. The smallest absolute Gasteiger partial charge is 0.241 e. The number of methoxy groups -OCH3 is 3. The summed E-state index contributed by atoms with van der Waals surface area (Å²) in [6.07, 6.45) is 1.76. The van der Waals surface area contributed by atoms with E-state index in [4.69, 9.17) is 14.2 Å². The van der Waals surface area contributed by atoms with Crippen molar-refractivity contribution in [1.29, 1.82) is 0 Å². The summed E-state index contributed by atoms with van der Waals surface area (Å²) in [6, 6.07) is 13.7. The van der Waals surface area contributed by atoms with Crippen LogP contribution in [0.15, 0.2) is 55.1 Å². The summed E-state index contributed by atoms with van der Waals surface area (Å²) in [5, 5.41) is 0. The van der Waals surface area contributed by atoms with Gasteiger partial charge in [0.25, 0.3) is 0 Å². The highest BCUT2D eigenvalue weighted by molar-refractivity contribution is 5.95. The van der Waals surface area contributed by atoms with Crippen LogP contribution in [0.3, 0.4) is 0 Å². The minimum absolute atomic E-state index is 0.0890. The number of benzene rings is 2. The van der Waals surface area contributed by atoms with Gasteiger partial charge >= 0.3 is 0 Å². The number of rotatable bonds is 10. The summed E-state index contributed by atoms with van der Waals surface area (Å²) >= 11 is 0. The number of hydrogen-bond acceptors (Lipinski definition) is 6. The second-order valence-electron chi connectivity index (χ2n) is 7.67. The Balaban J connectivity index is 1.58. The van der Waals surface area contributed by atoms with E-state index in [1.165, 1.54) is 0 Å². The normalized spacial score (nSPS) is 14.6. The monoisotopic (exact) mass is 439 g/mol. The van der Waals surface area contributed by atoms with E-state index in [0.717, 1.165) is 44.0 Å². The first-order valence-corrected chi connectivity index (χ1v) is 10.8. The van der Waals surface area contributed by atoms with Gasteiger partial charge in [-0.2, -0.15) is 0 Å². The fourth-order valence-corrected chi connectivity index (χ4v) is 4.00. The van der Waals surface area contributed by atoms with Crippen LogP contribution in [0.5, 0.6) is 17.2 Å². The average molecular weight is 440 g/mol. The van der Waals surface area contributed by atoms with Gasteiger partial charge in [-0.05, 0) is 18.2 Å². The molecule has 172 valence electrons. The molecule has 0 radical (unpaired) electrons. The van der Waals surface area contributed by atoms with Crippen LogP contribution in [0.4, 0.5) is 5.69 Å². The molecule has 1 heterocycles. The molecular weight excluding hydrogens is 406 g/mol. The van der Waals surface area contributed by atoms with E-state index in [0.29, 0.717) is 30.3 Å². The third-order valence-electron chi connectivity index (χ3n) is 5.68. The predicted molar refractivity (Wildman–Crippen MR) is 127 cm³/mol. The Kier molecular flexibility index (Phi) is 8.53. The number of para-hydroxylation sites is 1. The Hall–Kier alpha value is -3.03. The molecule has 7 heteroatoms. The summed E-state index contributed by atoms with van der Waals surface area (Å²) in [5.41, 5.74) is 1.95. The number of carbonyl (C=O) groups is 1. The Morgan fingerprint density at radius 1 is 0.938 bits per heavy atom. The fourth-order valence-electron chi connectivity index (χ4n) is 4.00. The quantitative estimate of drug-likeness (QED) is 0.531. The van der Waals surface area contributed by atoms with Crippen molar-refractivity contribution < 1.29 is 19.0 Å². The van der Waals surface area contributed by atoms with Crippen molar-refractivity contribution in [2.75, 3.05) is 65.5 Å². The van der Waals surface area contributed by atoms with Crippen molar-refractivity contribution >= 4 is 11.6 Å². The van der Waals surface area contributed by atoms with E-state index in [2.05, 4.69) is 16.4 Å². The topological polar surface area (TPSA) is 54.5 Å². The molecule has 1 saturated heterocycles. The number of nitrogens with zero attached hydrogens (tertiary/aromatic N) is 3. The lowest BCUT2D eigenvalue weighted by Crippen LogP contribution is -2.49. The van der Waals surface area contributed by atoms with E-state index in [1.54, 1.807) is 32.3 Å². The molecule has 0 spiro atoms. The Bertz CT molecular complexity index is 896. The van der Waals surface area contributed by atoms with E-state index in [1.807, 2.05) is 42.5 Å². The first-order chi connectivity index (χ1) is 15.6. The summed E-state index contributed by atoms with van der Waals surface area (Å²) in [5.74, 6) is 2.05. The Labute approximate surface area is 190 Å². The number of hydrogen-bond donors (Lipinski definition) is 0. The van der Waals surface area contributed by atoms with Crippen LogP contribution in [0.2, 0.25) is 0 Å². The Morgan fingerprint density at radius 3 is 2.19 bits per heavy atom. The molecular formula is C25H33N3O4. The molecule has 0 atom stereocenters. The predicted octanol–water partition coefficient (Wildman–Crippen LogP) is 3.05. The molecule has 1 amide bonds. The zero-order valence-electron chi connectivity index (χ0n) is 19.3. The highest BCUT2D eigenvalue weighted by atomic mass is 16.5. The number of piperazine rings is 1. The van der Waals surface area contributed by atoms with Crippen LogP contribution in [-0.2, 0) is 11.3 Å². The minimum atomic E-state index is 0.0890. The highest BCUT2D eigenvalue weighted by Crippen LogP contribution is 2.40. The zero-order chi connectivity index (χ0) is 22.9. The number of amides is 1. The van der Waals surface area contributed by atoms with Gasteiger partial charge in [0.15, 0.2) is 11.5 Å². The molecule has 1 fully saturated rings. The van der Waals surface area contributed by atoms with Crippen molar-refractivity contribution in [3.8, 4) is 17.2 Å². The van der Waals surface area contributed by atoms with Crippen molar-refractivity contribution in [2.24, 2.45) is 0 Å². The average Bonchev–Trinajstić information content (AvgIpc) is 2.83. The fraction of sp³-hybridized carbons (Fsp3) is 0.400. The number of ether oxygens (including phenoxy) is 3. The molecule has 0 saturated carbocycles. The molecule has 0 aromatic heterocycles. The molecule has 7 nitrogen and oxygen atoms in total. The second-order valence-corrected chi connectivity index (χ2v) is 7.67. The molecule has 0 N–H and O–H groups in total. The zero-order valence-corrected chi connectivity index (χ0v) is 19.3. The maximum Gasteiger partial charge on any atom is 0.241 e. The lowest BCUT2D eigenvalue weighted by atomic mass is 10.1. The largest absolute Gasteiger partial charge is 0.493 e. The van der Waals surface area contributed by atoms with Gasteiger partial charge in [0, 0.05) is 50.5 Å². The SMILES string of the molecule is C=CCN(C(=O)CN1CCN(Cc2ccc(OC)c(OC)c2OC)CC1)c1ccccc1. The van der Waals surface area contributed by atoms with Gasteiger partial charge in [-0.3, -0.25) is 14.6 Å². The van der Waals surface area contributed by atoms with Crippen LogP contribution in [-0.4, -0.2) is 76.3 Å². The first kappa shape index (κ1) is 23.6. The van der Waals surface area contributed by atoms with Crippen LogP contribution in [0.25, 0.3) is 0 Å². The molecule has 32 heavy (non-hydrogen) atoms. The van der Waals surface area contributed by atoms with Gasteiger partial charge in [-0.25, -0.2) is 0 Å². The van der Waals surface area contributed by atoms with Crippen molar-refractivity contribution in [1.82, 2.24) is 9.80 Å². The lowest BCUT2D eigenvalue weighted by Gasteiger charge is -2.35. The highest BCUT2D eigenvalue weighted by Gasteiger charge is 2.24. The van der Waals surface area contributed by atoms with Gasteiger partial charge in [0.2, 0.25) is 11.7 Å². The summed E-state index contributed by atoms with van der Waals surface area (Å²) < 4.78 is 16.5. The van der Waals surface area contributed by atoms with Gasteiger partial charge in [-0.1, -0.05) is 30.3 Å². The van der Waals surface area contributed by atoms with Gasteiger partial charge in [-0.15, -0.1) is 6.58 Å². The summed E-state index contributed by atoms with van der Waals surface area (Å²) in [6.45, 7) is 8.86. The number of anilines is 1. The van der Waals surface area contributed by atoms with Crippen LogP contribution >= 0.6 is 0 Å². The van der Waals surface area contributed by atoms with Gasteiger partial charge < -0.3 is 19.1 Å². The number of carbonyl (C=O) groups excluding carboxylic acids is 1. The molecule has 0 bridgehead atoms. The maximum absolute atomic E-state index is 13.0. The van der Waals surface area contributed by atoms with Crippen LogP contribution in [0.1, 0.15) is 5.56 Å². The molecule has 3 rings (SSSR count). The molecule has 0 aliphatic carbocycles. The standard InChI is InChI=1S/C25H33N3O4/c1-5-13-28(21-9-7-6-8-10-21)23(29)19-27-16-14-26(15-17-27)18-20-11-12-22(30-2)25(32-4)24(20)31-3/h5-12H,1,13-19H2,2-4H3. The van der Waals surface area contributed by atoms with Crippen LogP contribution < -0.4 is 19.1 Å². The van der Waals surface area contributed by atoms with Crippen molar-refractivity contribution in [3.63, 3.8) is 0 Å². The van der Waals surface area contributed by atoms with Crippen LogP contribution in [0, 0.1) is 0 Å². The van der Waals surface area contributed by atoms with Crippen molar-refractivity contribution in [2.45, 2.75) is 6.54 Å². The first-order valence-electron chi connectivity index (χ1n) is 10.8. The van der Waals surface area contributed by atoms with E-state index in [-0.39, 0.29) is 5.91 Å². The Morgan fingerprint density at radius 2 is 1.59 bits per heavy atom. The van der Waals surface area contributed by atoms with Gasteiger partial charge in [0.1, 0.15) is 0 Å². The minimum Gasteiger partial charge on any atom is -0.493 e. The van der Waals surface area contributed by atoms with E-state index >= 15 is 0 Å². The third kappa shape index (κ3) is 5.60. The molecule has 2 aromatic rings. The van der Waals surface area contributed by atoms with Crippen molar-refractivity contribution in [3.05, 3.63) is 60.7 Å². The summed E-state index contributed by atoms with van der Waals surface area (Å²) in [7, 11) is 4.88. The second kappa shape index (κ2) is 11.5. The molecule has 1 aliphatic heterocycles.